The molecule has 0 aliphatic rings. The number of hydrogen-bond donors (Lipinski definition) is 1. The van der Waals surface area contributed by atoms with E-state index < -0.39 is 0 Å². The Bertz CT molecular complexity index is 585. The normalized spacial score (nSPS) is 12.7. The molecule has 19 heavy (non-hydrogen) atoms. The number of thiophene rings is 1. The third-order valence-electron chi connectivity index (χ3n) is 2.68. The van der Waals surface area contributed by atoms with Gasteiger partial charge >= 0.3 is 0 Å². The first kappa shape index (κ1) is 15.6. The molecule has 0 fully saturated rings. The van der Waals surface area contributed by atoms with Crippen LogP contribution >= 0.6 is 62.1 Å². The Balaban J connectivity index is 2.48. The fourth-order valence-corrected chi connectivity index (χ4v) is 4.32. The van der Waals surface area contributed by atoms with Crippen molar-refractivity contribution >= 4 is 62.1 Å². The summed E-state index contributed by atoms with van der Waals surface area (Å²) in [6.07, 6.45) is 0. The smallest absolute Gasteiger partial charge is 0.0995 e. The molecular formula is C13H11BrCl3NS. The number of hydrogen-bond acceptors (Lipinski definition) is 2. The van der Waals surface area contributed by atoms with Gasteiger partial charge in [0, 0.05) is 15.1 Å². The summed E-state index contributed by atoms with van der Waals surface area (Å²) in [4.78, 5) is 0. The first-order chi connectivity index (χ1) is 9.02. The standard InChI is InChI=1S/C13H11BrCl3NS/c1-2-18-12(9-6-11(16)19-13(9)17)8-4-3-7(15)5-10(8)14/h3-6,12,18H,2H2,1H3. The predicted molar refractivity (Wildman–Crippen MR) is 89.0 cm³/mol. The highest BCUT2D eigenvalue weighted by molar-refractivity contribution is 9.10. The fraction of sp³-hybridized carbons (Fsp3) is 0.231. The van der Waals surface area contributed by atoms with E-state index in [1.54, 1.807) is 0 Å². The SMILES string of the molecule is CCNC(c1ccc(Cl)cc1Br)c1cc(Cl)sc1Cl. The van der Waals surface area contributed by atoms with Crippen LogP contribution in [0.3, 0.4) is 0 Å². The molecule has 0 bridgehead atoms. The second-order valence-corrected chi connectivity index (χ2v) is 7.51. The van der Waals surface area contributed by atoms with E-state index in [1.165, 1.54) is 11.3 Å². The molecule has 1 N–H and O–H groups in total. The van der Waals surface area contributed by atoms with Crippen molar-refractivity contribution in [1.29, 1.82) is 0 Å². The van der Waals surface area contributed by atoms with Gasteiger partial charge in [-0.1, -0.05) is 63.7 Å². The summed E-state index contributed by atoms with van der Waals surface area (Å²) >= 11 is 23.2. The van der Waals surface area contributed by atoms with Gasteiger partial charge in [-0.05, 0) is 30.3 Å². The van der Waals surface area contributed by atoms with Gasteiger partial charge in [0.15, 0.2) is 0 Å². The topological polar surface area (TPSA) is 12.0 Å². The zero-order valence-corrected chi connectivity index (χ0v) is 14.7. The number of halogens is 4. The quantitative estimate of drug-likeness (QED) is 0.648. The van der Waals surface area contributed by atoms with Crippen LogP contribution < -0.4 is 5.32 Å². The first-order valence-corrected chi connectivity index (χ1v) is 8.40. The van der Waals surface area contributed by atoms with Crippen LogP contribution in [-0.4, -0.2) is 6.54 Å². The van der Waals surface area contributed by atoms with E-state index >= 15 is 0 Å². The van der Waals surface area contributed by atoms with Crippen molar-refractivity contribution < 1.29 is 0 Å². The van der Waals surface area contributed by atoms with Crippen LogP contribution in [0, 0.1) is 0 Å². The van der Waals surface area contributed by atoms with Gasteiger partial charge in [-0.25, -0.2) is 0 Å². The summed E-state index contributed by atoms with van der Waals surface area (Å²) in [6, 6.07) is 7.63. The second-order valence-electron chi connectivity index (χ2n) is 3.94. The molecule has 1 unspecified atom stereocenters. The van der Waals surface area contributed by atoms with Gasteiger partial charge in [0.2, 0.25) is 0 Å². The highest BCUT2D eigenvalue weighted by atomic mass is 79.9. The van der Waals surface area contributed by atoms with E-state index in [-0.39, 0.29) is 6.04 Å². The lowest BCUT2D eigenvalue weighted by Gasteiger charge is -2.19. The zero-order valence-electron chi connectivity index (χ0n) is 10.0. The molecule has 0 aliphatic carbocycles. The van der Waals surface area contributed by atoms with Gasteiger partial charge < -0.3 is 5.32 Å². The maximum absolute atomic E-state index is 6.26. The van der Waals surface area contributed by atoms with Gasteiger partial charge in [-0.15, -0.1) is 11.3 Å². The van der Waals surface area contributed by atoms with Crippen LogP contribution in [0.2, 0.25) is 13.7 Å². The lowest BCUT2D eigenvalue weighted by molar-refractivity contribution is 0.630. The average Bonchev–Trinajstić information content (AvgIpc) is 2.66. The molecule has 1 nitrogen and oxygen atoms in total. The first-order valence-electron chi connectivity index (χ1n) is 5.66. The third kappa shape index (κ3) is 3.66. The Morgan fingerprint density at radius 1 is 1.21 bits per heavy atom. The molecule has 0 radical (unpaired) electrons. The van der Waals surface area contributed by atoms with E-state index in [9.17, 15) is 0 Å². The molecule has 1 aromatic heterocycles. The fourth-order valence-electron chi connectivity index (χ4n) is 1.88. The molecule has 1 aromatic carbocycles. The minimum atomic E-state index is -0.00658. The number of nitrogens with one attached hydrogen (secondary N) is 1. The van der Waals surface area contributed by atoms with Gasteiger partial charge in [0.05, 0.1) is 14.7 Å². The monoisotopic (exact) mass is 397 g/mol. The lowest BCUT2D eigenvalue weighted by atomic mass is 10.0. The Hall–Kier alpha value is 0.230. The van der Waals surface area contributed by atoms with Crippen molar-refractivity contribution in [3.63, 3.8) is 0 Å². The van der Waals surface area contributed by atoms with Gasteiger partial charge in [-0.2, -0.15) is 0 Å². The van der Waals surface area contributed by atoms with Crippen molar-refractivity contribution in [2.45, 2.75) is 13.0 Å². The van der Waals surface area contributed by atoms with Gasteiger partial charge in [0.1, 0.15) is 0 Å². The van der Waals surface area contributed by atoms with Crippen molar-refractivity contribution in [2.24, 2.45) is 0 Å². The average molecular weight is 400 g/mol. The molecule has 0 aliphatic heterocycles. The Morgan fingerprint density at radius 2 is 1.95 bits per heavy atom. The van der Waals surface area contributed by atoms with Crippen LogP contribution in [0.15, 0.2) is 28.7 Å². The highest BCUT2D eigenvalue weighted by Crippen LogP contribution is 2.39. The molecule has 6 heteroatoms. The molecule has 2 rings (SSSR count). The zero-order chi connectivity index (χ0) is 14.0. The molecule has 102 valence electrons. The lowest BCUT2D eigenvalue weighted by Crippen LogP contribution is -2.22. The maximum Gasteiger partial charge on any atom is 0.0995 e. The molecule has 1 heterocycles. The summed E-state index contributed by atoms with van der Waals surface area (Å²) in [6.45, 7) is 2.88. The van der Waals surface area contributed by atoms with Gasteiger partial charge in [-0.3, -0.25) is 0 Å². The van der Waals surface area contributed by atoms with E-state index in [0.29, 0.717) is 13.7 Å². The minimum absolute atomic E-state index is 0.00658. The van der Waals surface area contributed by atoms with Gasteiger partial charge in [0.25, 0.3) is 0 Å². The molecule has 0 amide bonds. The Morgan fingerprint density at radius 3 is 2.47 bits per heavy atom. The van der Waals surface area contributed by atoms with Crippen LogP contribution in [0.25, 0.3) is 0 Å². The molecule has 2 aromatic rings. The Kier molecular flexibility index (Phi) is 5.58. The van der Waals surface area contributed by atoms with Crippen LogP contribution in [0.1, 0.15) is 24.1 Å². The number of benzene rings is 1. The third-order valence-corrected chi connectivity index (χ3v) is 5.12. The molecule has 0 saturated heterocycles. The summed E-state index contributed by atoms with van der Waals surface area (Å²) < 4.78 is 2.34. The van der Waals surface area contributed by atoms with E-state index in [1.807, 2.05) is 24.3 Å². The summed E-state index contributed by atoms with van der Waals surface area (Å²) in [5.74, 6) is 0. The second kappa shape index (κ2) is 6.79. The van der Waals surface area contributed by atoms with Crippen molar-refractivity contribution in [1.82, 2.24) is 5.32 Å². The van der Waals surface area contributed by atoms with Crippen LogP contribution in [0.4, 0.5) is 0 Å². The predicted octanol–water partition coefficient (Wildman–Crippen LogP) is 6.17. The molecule has 0 saturated carbocycles. The summed E-state index contributed by atoms with van der Waals surface area (Å²) in [5, 5.41) is 4.11. The van der Waals surface area contributed by atoms with E-state index in [2.05, 4.69) is 28.2 Å². The molecule has 1 atom stereocenters. The van der Waals surface area contributed by atoms with Crippen molar-refractivity contribution in [2.75, 3.05) is 6.54 Å². The minimum Gasteiger partial charge on any atom is -0.306 e. The van der Waals surface area contributed by atoms with Crippen LogP contribution in [0.5, 0.6) is 0 Å². The largest absolute Gasteiger partial charge is 0.306 e. The molecule has 0 spiro atoms. The molecular weight excluding hydrogens is 388 g/mol. The van der Waals surface area contributed by atoms with E-state index in [4.69, 9.17) is 34.8 Å². The summed E-state index contributed by atoms with van der Waals surface area (Å²) in [5.41, 5.74) is 2.07. The van der Waals surface area contributed by atoms with Crippen molar-refractivity contribution in [3.05, 3.63) is 53.6 Å². The number of rotatable bonds is 4. The van der Waals surface area contributed by atoms with Crippen LogP contribution in [-0.2, 0) is 0 Å². The Labute approximate surface area is 140 Å². The summed E-state index contributed by atoms with van der Waals surface area (Å²) in [7, 11) is 0. The maximum atomic E-state index is 6.26. The van der Waals surface area contributed by atoms with E-state index in [0.717, 1.165) is 22.1 Å². The highest BCUT2D eigenvalue weighted by Gasteiger charge is 2.20. The van der Waals surface area contributed by atoms with Crippen molar-refractivity contribution in [3.8, 4) is 0 Å².